The van der Waals surface area contributed by atoms with E-state index < -0.39 is 0 Å². The molecule has 0 fully saturated rings. The third kappa shape index (κ3) is 5.11. The zero-order valence-corrected chi connectivity index (χ0v) is 16.3. The first-order chi connectivity index (χ1) is 14.3. The standard InChI is InChI=1S/C25H24N2O2/c28-25(11-9-21-8-10-24-23(17-21)13-16-29-24)27(19-22-7-4-14-26-18-22)15-12-20-5-2-1-3-6-20/h1-11,14,17-18H,12-13,15-16,19H2. The fraction of sp³-hybridized carbons (Fsp3) is 0.200. The Labute approximate surface area is 171 Å². The van der Waals surface area contributed by atoms with E-state index in [4.69, 9.17) is 4.74 Å². The van der Waals surface area contributed by atoms with E-state index in [0.717, 1.165) is 36.3 Å². The maximum atomic E-state index is 13.0. The molecule has 0 radical (unpaired) electrons. The number of ether oxygens (including phenoxy) is 1. The van der Waals surface area contributed by atoms with Gasteiger partial charge in [0.2, 0.25) is 5.91 Å². The van der Waals surface area contributed by atoms with Crippen molar-refractivity contribution in [2.45, 2.75) is 19.4 Å². The molecule has 0 aliphatic carbocycles. The van der Waals surface area contributed by atoms with Crippen LogP contribution in [-0.4, -0.2) is 28.9 Å². The van der Waals surface area contributed by atoms with Crippen LogP contribution < -0.4 is 4.74 Å². The van der Waals surface area contributed by atoms with Crippen LogP contribution in [0.2, 0.25) is 0 Å². The second-order valence-electron chi connectivity index (χ2n) is 7.16. The van der Waals surface area contributed by atoms with Gasteiger partial charge in [-0.25, -0.2) is 0 Å². The van der Waals surface area contributed by atoms with Crippen molar-refractivity contribution >= 4 is 12.0 Å². The molecule has 4 rings (SSSR count). The van der Waals surface area contributed by atoms with Crippen LogP contribution in [0.15, 0.2) is 79.1 Å². The highest BCUT2D eigenvalue weighted by Gasteiger charge is 2.13. The van der Waals surface area contributed by atoms with Crippen LogP contribution in [0.4, 0.5) is 0 Å². The van der Waals surface area contributed by atoms with Crippen molar-refractivity contribution < 1.29 is 9.53 Å². The quantitative estimate of drug-likeness (QED) is 0.571. The summed E-state index contributed by atoms with van der Waals surface area (Å²) >= 11 is 0. The average Bonchev–Trinajstić information content (AvgIpc) is 3.24. The molecule has 0 unspecified atom stereocenters. The molecule has 1 aliphatic heterocycles. The van der Waals surface area contributed by atoms with E-state index in [1.54, 1.807) is 12.3 Å². The number of amides is 1. The largest absolute Gasteiger partial charge is 0.493 e. The van der Waals surface area contributed by atoms with Gasteiger partial charge in [0.05, 0.1) is 6.61 Å². The van der Waals surface area contributed by atoms with Crippen molar-refractivity contribution in [3.8, 4) is 5.75 Å². The molecule has 1 aliphatic rings. The summed E-state index contributed by atoms with van der Waals surface area (Å²) in [6.45, 7) is 1.93. The maximum Gasteiger partial charge on any atom is 0.246 e. The lowest BCUT2D eigenvalue weighted by atomic mass is 10.1. The zero-order chi connectivity index (χ0) is 19.9. The SMILES string of the molecule is O=C(C=Cc1ccc2c(c1)CCO2)N(CCc1ccccc1)Cc1cccnc1. The zero-order valence-electron chi connectivity index (χ0n) is 16.3. The molecule has 3 aromatic rings. The van der Waals surface area contributed by atoms with Crippen LogP contribution in [0.3, 0.4) is 0 Å². The Balaban J connectivity index is 1.47. The van der Waals surface area contributed by atoms with E-state index in [-0.39, 0.29) is 5.91 Å². The number of nitrogens with zero attached hydrogens (tertiary/aromatic N) is 2. The van der Waals surface area contributed by atoms with Crippen LogP contribution in [0.5, 0.6) is 5.75 Å². The van der Waals surface area contributed by atoms with Crippen LogP contribution >= 0.6 is 0 Å². The second kappa shape index (κ2) is 9.20. The molecule has 4 heteroatoms. The van der Waals surface area contributed by atoms with Crippen LogP contribution in [0, 0.1) is 0 Å². The van der Waals surface area contributed by atoms with Gasteiger partial charge in [0.1, 0.15) is 5.75 Å². The van der Waals surface area contributed by atoms with Crippen molar-refractivity contribution in [2.75, 3.05) is 13.2 Å². The number of aromatic nitrogens is 1. The van der Waals surface area contributed by atoms with E-state index in [2.05, 4.69) is 23.2 Å². The topological polar surface area (TPSA) is 42.4 Å². The molecule has 1 aromatic heterocycles. The van der Waals surface area contributed by atoms with Gasteiger partial charge in [-0.2, -0.15) is 0 Å². The molecule has 2 aromatic carbocycles. The Morgan fingerprint density at radius 3 is 2.76 bits per heavy atom. The lowest BCUT2D eigenvalue weighted by molar-refractivity contribution is -0.126. The van der Waals surface area contributed by atoms with Crippen molar-refractivity contribution in [3.05, 3.63) is 101 Å². The molecule has 1 amide bonds. The summed E-state index contributed by atoms with van der Waals surface area (Å²) in [6, 6.07) is 20.2. The predicted octanol–water partition coefficient (Wildman–Crippen LogP) is 4.30. The first-order valence-corrected chi connectivity index (χ1v) is 9.93. The number of rotatable bonds is 7. The number of fused-ring (bicyclic) bond motifs is 1. The minimum absolute atomic E-state index is 0.00142. The van der Waals surface area contributed by atoms with Gasteiger partial charge in [0, 0.05) is 38.0 Å². The molecule has 0 saturated heterocycles. The number of hydrogen-bond donors (Lipinski definition) is 0. The van der Waals surface area contributed by atoms with Crippen molar-refractivity contribution in [3.63, 3.8) is 0 Å². The average molecular weight is 384 g/mol. The molecule has 0 saturated carbocycles. The Morgan fingerprint density at radius 2 is 1.93 bits per heavy atom. The fourth-order valence-electron chi connectivity index (χ4n) is 3.47. The van der Waals surface area contributed by atoms with Gasteiger partial charge in [-0.05, 0) is 52.9 Å². The maximum absolute atomic E-state index is 13.0. The highest BCUT2D eigenvalue weighted by Crippen LogP contribution is 2.26. The summed E-state index contributed by atoms with van der Waals surface area (Å²) in [7, 11) is 0. The number of carbonyl (C=O) groups is 1. The Morgan fingerprint density at radius 1 is 1.07 bits per heavy atom. The van der Waals surface area contributed by atoms with Gasteiger partial charge in [-0.15, -0.1) is 0 Å². The van der Waals surface area contributed by atoms with Gasteiger partial charge in [0.15, 0.2) is 0 Å². The Bertz CT molecular complexity index is 984. The molecular weight excluding hydrogens is 360 g/mol. The van der Waals surface area contributed by atoms with Gasteiger partial charge < -0.3 is 9.64 Å². The summed E-state index contributed by atoms with van der Waals surface area (Å²) in [5, 5.41) is 0. The highest BCUT2D eigenvalue weighted by atomic mass is 16.5. The van der Waals surface area contributed by atoms with Crippen molar-refractivity contribution in [2.24, 2.45) is 0 Å². The van der Waals surface area contributed by atoms with Gasteiger partial charge >= 0.3 is 0 Å². The summed E-state index contributed by atoms with van der Waals surface area (Å²) in [5.41, 5.74) is 4.47. The molecule has 0 spiro atoms. The molecular formula is C25H24N2O2. The number of hydrogen-bond acceptors (Lipinski definition) is 3. The van der Waals surface area contributed by atoms with Crippen molar-refractivity contribution in [1.82, 2.24) is 9.88 Å². The summed E-state index contributed by atoms with van der Waals surface area (Å²) in [6.07, 6.45) is 8.86. The molecule has 4 nitrogen and oxygen atoms in total. The molecule has 0 N–H and O–H groups in total. The van der Waals surface area contributed by atoms with E-state index in [9.17, 15) is 4.79 Å². The Kier molecular flexibility index (Phi) is 6.01. The second-order valence-corrected chi connectivity index (χ2v) is 7.16. The smallest absolute Gasteiger partial charge is 0.246 e. The minimum Gasteiger partial charge on any atom is -0.493 e. The highest BCUT2D eigenvalue weighted by molar-refractivity contribution is 5.91. The monoisotopic (exact) mass is 384 g/mol. The number of benzene rings is 2. The third-order valence-corrected chi connectivity index (χ3v) is 5.05. The number of carbonyl (C=O) groups excluding carboxylic acids is 1. The molecule has 29 heavy (non-hydrogen) atoms. The summed E-state index contributed by atoms with van der Waals surface area (Å²) < 4.78 is 5.55. The van der Waals surface area contributed by atoms with Gasteiger partial charge in [-0.1, -0.05) is 42.5 Å². The summed E-state index contributed by atoms with van der Waals surface area (Å²) in [5.74, 6) is 0.955. The predicted molar refractivity (Wildman–Crippen MR) is 114 cm³/mol. The lowest BCUT2D eigenvalue weighted by Crippen LogP contribution is -2.31. The lowest BCUT2D eigenvalue weighted by Gasteiger charge is -2.21. The van der Waals surface area contributed by atoms with E-state index >= 15 is 0 Å². The van der Waals surface area contributed by atoms with E-state index in [0.29, 0.717) is 13.1 Å². The molecule has 0 bridgehead atoms. The minimum atomic E-state index is 0.00142. The molecule has 0 atom stereocenters. The van der Waals surface area contributed by atoms with Gasteiger partial charge in [0.25, 0.3) is 0 Å². The first kappa shape index (κ1) is 18.9. The molecule has 146 valence electrons. The summed E-state index contributed by atoms with van der Waals surface area (Å²) in [4.78, 5) is 19.0. The number of pyridine rings is 1. The van der Waals surface area contributed by atoms with Crippen LogP contribution in [0.1, 0.15) is 22.3 Å². The fourth-order valence-corrected chi connectivity index (χ4v) is 3.47. The Hall–Kier alpha value is -3.40. The third-order valence-electron chi connectivity index (χ3n) is 5.05. The first-order valence-electron chi connectivity index (χ1n) is 9.93. The normalized spacial score (nSPS) is 12.6. The van der Waals surface area contributed by atoms with Gasteiger partial charge in [-0.3, -0.25) is 9.78 Å². The van der Waals surface area contributed by atoms with Crippen LogP contribution in [-0.2, 0) is 24.2 Å². The van der Waals surface area contributed by atoms with Crippen LogP contribution in [0.25, 0.3) is 6.08 Å². The van der Waals surface area contributed by atoms with E-state index in [1.165, 1.54) is 11.1 Å². The van der Waals surface area contributed by atoms with E-state index in [1.807, 2.05) is 59.6 Å². The van der Waals surface area contributed by atoms with Crippen molar-refractivity contribution in [1.29, 1.82) is 0 Å². The molecule has 2 heterocycles.